The van der Waals surface area contributed by atoms with Gasteiger partial charge in [0.2, 0.25) is 10.0 Å². The summed E-state index contributed by atoms with van der Waals surface area (Å²) in [5.41, 5.74) is 0.793. The Kier molecular flexibility index (Phi) is 4.20. The zero-order chi connectivity index (χ0) is 16.6. The van der Waals surface area contributed by atoms with Crippen molar-refractivity contribution in [2.75, 3.05) is 13.1 Å². The van der Waals surface area contributed by atoms with Crippen LogP contribution in [0.25, 0.3) is 0 Å². The summed E-state index contributed by atoms with van der Waals surface area (Å²) in [6.07, 6.45) is 3.21. The first-order valence-corrected chi connectivity index (χ1v) is 8.77. The minimum Gasteiger partial charge on any atom is -0.276 e. The first-order valence-electron chi connectivity index (χ1n) is 7.33. The molecule has 0 bridgehead atoms. The molecule has 1 saturated heterocycles. The first-order chi connectivity index (χ1) is 10.9. The normalized spacial score (nSPS) is 19.9. The van der Waals surface area contributed by atoms with Crippen molar-refractivity contribution in [3.05, 3.63) is 47.8 Å². The molecule has 0 radical (unpaired) electrons. The summed E-state index contributed by atoms with van der Waals surface area (Å²) in [6.45, 7) is 0.423. The zero-order valence-electron chi connectivity index (χ0n) is 12.6. The highest BCUT2D eigenvalue weighted by Gasteiger charge is 2.35. The van der Waals surface area contributed by atoms with E-state index in [1.165, 1.54) is 0 Å². The van der Waals surface area contributed by atoms with E-state index in [2.05, 4.69) is 5.10 Å². The molecule has 0 amide bonds. The predicted octanol–water partition coefficient (Wildman–Crippen LogP) is 2.27. The van der Waals surface area contributed by atoms with E-state index in [0.29, 0.717) is 6.42 Å². The number of aryl methyl sites for hydroxylation is 1. The van der Waals surface area contributed by atoms with Crippen LogP contribution in [-0.2, 0) is 17.1 Å². The Labute approximate surface area is 133 Å². The molecule has 1 unspecified atom stereocenters. The summed E-state index contributed by atoms with van der Waals surface area (Å²) in [5, 5.41) is 4.31. The van der Waals surface area contributed by atoms with Crippen LogP contribution in [0.3, 0.4) is 0 Å². The van der Waals surface area contributed by atoms with Crippen LogP contribution in [0.5, 0.6) is 0 Å². The molecule has 23 heavy (non-hydrogen) atoms. The third kappa shape index (κ3) is 3.00. The van der Waals surface area contributed by atoms with Crippen LogP contribution < -0.4 is 0 Å². The minimum absolute atomic E-state index is 0.0745. The molecule has 1 aliphatic heterocycles. The van der Waals surface area contributed by atoms with Crippen molar-refractivity contribution in [2.24, 2.45) is 7.05 Å². The van der Waals surface area contributed by atoms with Gasteiger partial charge in [0.1, 0.15) is 11.6 Å². The van der Waals surface area contributed by atoms with Gasteiger partial charge in [-0.2, -0.15) is 9.40 Å². The Morgan fingerprint density at radius 2 is 1.91 bits per heavy atom. The fourth-order valence-electron chi connectivity index (χ4n) is 2.91. The third-order valence-corrected chi connectivity index (χ3v) is 5.97. The summed E-state index contributed by atoms with van der Waals surface area (Å²) in [6, 6.07) is 4.90. The highest BCUT2D eigenvalue weighted by molar-refractivity contribution is 7.89. The monoisotopic (exact) mass is 341 g/mol. The lowest BCUT2D eigenvalue weighted by Crippen LogP contribution is -2.39. The highest BCUT2D eigenvalue weighted by Crippen LogP contribution is 2.31. The lowest BCUT2D eigenvalue weighted by atomic mass is 9.96. The van der Waals surface area contributed by atoms with Crippen LogP contribution in [-0.4, -0.2) is 35.6 Å². The van der Waals surface area contributed by atoms with Gasteiger partial charge in [-0.15, -0.1) is 0 Å². The Balaban J connectivity index is 1.91. The molecule has 0 aliphatic carbocycles. The van der Waals surface area contributed by atoms with Crippen molar-refractivity contribution in [2.45, 2.75) is 23.7 Å². The lowest BCUT2D eigenvalue weighted by molar-refractivity contribution is 0.309. The summed E-state index contributed by atoms with van der Waals surface area (Å²) >= 11 is 0. The molecule has 2 heterocycles. The van der Waals surface area contributed by atoms with Crippen molar-refractivity contribution in [1.82, 2.24) is 14.1 Å². The van der Waals surface area contributed by atoms with Gasteiger partial charge in [0, 0.05) is 32.3 Å². The van der Waals surface area contributed by atoms with Crippen molar-refractivity contribution >= 4 is 10.0 Å². The molecule has 0 spiro atoms. The summed E-state index contributed by atoms with van der Waals surface area (Å²) in [7, 11) is -2.42. The van der Waals surface area contributed by atoms with E-state index in [0.717, 1.165) is 34.6 Å². The number of halogens is 2. The Morgan fingerprint density at radius 1 is 1.22 bits per heavy atom. The molecule has 1 fully saturated rings. The topological polar surface area (TPSA) is 55.2 Å². The van der Waals surface area contributed by atoms with E-state index >= 15 is 0 Å². The van der Waals surface area contributed by atoms with E-state index in [1.807, 2.05) is 6.07 Å². The number of hydrogen-bond acceptors (Lipinski definition) is 3. The number of benzene rings is 1. The third-order valence-electron chi connectivity index (χ3n) is 4.05. The fourth-order valence-corrected chi connectivity index (χ4v) is 4.54. The summed E-state index contributed by atoms with van der Waals surface area (Å²) in [5.74, 6) is -2.20. The van der Waals surface area contributed by atoms with Crippen molar-refractivity contribution < 1.29 is 17.2 Å². The molecule has 0 saturated carbocycles. The average molecular weight is 341 g/mol. The molecular weight excluding hydrogens is 324 g/mol. The van der Waals surface area contributed by atoms with E-state index in [1.54, 1.807) is 17.9 Å². The molecule has 8 heteroatoms. The summed E-state index contributed by atoms with van der Waals surface area (Å²) in [4.78, 5) is -0.873. The van der Waals surface area contributed by atoms with Crippen LogP contribution in [0.4, 0.5) is 8.78 Å². The molecule has 1 atom stereocenters. The number of nitrogens with zero attached hydrogens (tertiary/aromatic N) is 3. The van der Waals surface area contributed by atoms with E-state index in [9.17, 15) is 17.2 Å². The molecule has 1 aliphatic rings. The zero-order valence-corrected chi connectivity index (χ0v) is 13.4. The highest BCUT2D eigenvalue weighted by atomic mass is 32.2. The van der Waals surface area contributed by atoms with Gasteiger partial charge in [-0.25, -0.2) is 17.2 Å². The molecule has 3 rings (SSSR count). The Bertz CT molecular complexity index is 800. The van der Waals surface area contributed by atoms with Crippen molar-refractivity contribution in [3.63, 3.8) is 0 Å². The number of rotatable bonds is 3. The largest absolute Gasteiger partial charge is 0.276 e. The van der Waals surface area contributed by atoms with E-state index in [-0.39, 0.29) is 19.0 Å². The minimum atomic E-state index is -4.21. The molecule has 2 aromatic rings. The molecule has 124 valence electrons. The molecule has 1 aromatic carbocycles. The fraction of sp³-hybridized carbons (Fsp3) is 0.400. The van der Waals surface area contributed by atoms with Crippen molar-refractivity contribution in [3.8, 4) is 0 Å². The van der Waals surface area contributed by atoms with Crippen LogP contribution >= 0.6 is 0 Å². The maximum absolute atomic E-state index is 13.9. The number of sulfonamides is 1. The molecule has 1 aromatic heterocycles. The first kappa shape index (κ1) is 16.1. The lowest BCUT2D eigenvalue weighted by Gasteiger charge is -2.31. The van der Waals surface area contributed by atoms with Gasteiger partial charge < -0.3 is 0 Å². The quantitative estimate of drug-likeness (QED) is 0.860. The SMILES string of the molecule is Cn1ccc(C2CCCN(S(=O)(=O)c3c(F)cccc3F)C2)n1. The number of piperidine rings is 1. The molecule has 5 nitrogen and oxygen atoms in total. The summed E-state index contributed by atoms with van der Waals surface area (Å²) < 4.78 is 55.8. The molecule has 0 N–H and O–H groups in total. The van der Waals surface area contributed by atoms with Crippen LogP contribution in [0.2, 0.25) is 0 Å². The Morgan fingerprint density at radius 3 is 2.52 bits per heavy atom. The van der Waals surface area contributed by atoms with Crippen molar-refractivity contribution in [1.29, 1.82) is 0 Å². The van der Waals surface area contributed by atoms with E-state index in [4.69, 9.17) is 0 Å². The second-order valence-corrected chi connectivity index (χ2v) is 7.54. The van der Waals surface area contributed by atoms with Gasteiger partial charge >= 0.3 is 0 Å². The van der Waals surface area contributed by atoms with Gasteiger partial charge in [0.15, 0.2) is 4.90 Å². The van der Waals surface area contributed by atoms with Gasteiger partial charge in [-0.1, -0.05) is 6.07 Å². The van der Waals surface area contributed by atoms with Gasteiger partial charge in [-0.3, -0.25) is 4.68 Å². The average Bonchev–Trinajstić information content (AvgIpc) is 2.94. The second-order valence-electron chi connectivity index (χ2n) is 5.67. The Hall–Kier alpha value is -1.80. The molecular formula is C15H17F2N3O2S. The van der Waals surface area contributed by atoms with Gasteiger partial charge in [-0.05, 0) is 31.0 Å². The van der Waals surface area contributed by atoms with Crippen LogP contribution in [0, 0.1) is 11.6 Å². The van der Waals surface area contributed by atoms with E-state index < -0.39 is 26.6 Å². The second kappa shape index (κ2) is 6.01. The number of hydrogen-bond donors (Lipinski definition) is 0. The number of aromatic nitrogens is 2. The maximum atomic E-state index is 13.9. The van der Waals surface area contributed by atoms with Gasteiger partial charge in [0.25, 0.3) is 0 Å². The van der Waals surface area contributed by atoms with Crippen LogP contribution in [0.15, 0.2) is 35.4 Å². The van der Waals surface area contributed by atoms with Gasteiger partial charge in [0.05, 0.1) is 5.69 Å². The predicted molar refractivity (Wildman–Crippen MR) is 80.3 cm³/mol. The standard InChI is InChI=1S/C15H17F2N3O2S/c1-19-9-7-14(18-19)11-4-3-8-20(10-11)23(21,22)15-12(16)5-2-6-13(15)17/h2,5-7,9,11H,3-4,8,10H2,1H3. The van der Waals surface area contributed by atoms with Crippen LogP contribution in [0.1, 0.15) is 24.5 Å². The smallest absolute Gasteiger partial charge is 0.248 e. The maximum Gasteiger partial charge on any atom is 0.248 e.